The Kier molecular flexibility index (Phi) is 7.84. The molecule has 310 valence electrons. The van der Waals surface area contributed by atoms with Crippen LogP contribution < -0.4 is 0 Å². The lowest BCUT2D eigenvalue weighted by molar-refractivity contribution is 0.661. The van der Waals surface area contributed by atoms with Crippen molar-refractivity contribution in [2.45, 2.75) is 19.3 Å². The van der Waals surface area contributed by atoms with Crippen LogP contribution in [0.3, 0.4) is 0 Å². The highest BCUT2D eigenvalue weighted by Gasteiger charge is 2.36. The number of rotatable bonds is 5. The van der Waals surface area contributed by atoms with Crippen LogP contribution in [-0.4, -0.2) is 19.5 Å². The van der Waals surface area contributed by atoms with Gasteiger partial charge in [0.2, 0.25) is 0 Å². The highest BCUT2D eigenvalue weighted by Crippen LogP contribution is 2.51. The van der Waals surface area contributed by atoms with Crippen molar-refractivity contribution >= 4 is 75.3 Å². The normalized spacial score (nSPS) is 13.1. The zero-order valence-corrected chi connectivity index (χ0v) is 36.9. The third-order valence-electron chi connectivity index (χ3n) is 13.9. The van der Waals surface area contributed by atoms with Crippen LogP contribution in [0.25, 0.3) is 126 Å². The summed E-state index contributed by atoms with van der Waals surface area (Å²) < 4.78 is 11.6. The van der Waals surface area contributed by atoms with Crippen LogP contribution in [-0.2, 0) is 5.41 Å². The van der Waals surface area contributed by atoms with E-state index in [1.165, 1.54) is 53.3 Å². The van der Waals surface area contributed by atoms with Crippen molar-refractivity contribution in [3.63, 3.8) is 0 Å². The minimum Gasteiger partial charge on any atom is -0.455 e. The molecule has 0 radical (unpaired) electrons. The maximum Gasteiger partial charge on any atom is 0.164 e. The van der Waals surface area contributed by atoms with Crippen LogP contribution in [0.2, 0.25) is 0 Å². The maximum absolute atomic E-state index is 6.74. The summed E-state index contributed by atoms with van der Waals surface area (Å²) in [7, 11) is 0. The predicted molar refractivity (Wildman–Crippen MR) is 274 cm³/mol. The van der Waals surface area contributed by atoms with Crippen molar-refractivity contribution in [2.24, 2.45) is 0 Å². The number of hydrogen-bond acceptors (Lipinski definition) is 5. The molecule has 0 unspecified atom stereocenters. The van der Waals surface area contributed by atoms with Crippen molar-refractivity contribution in [3.05, 3.63) is 205 Å². The lowest BCUT2D eigenvalue weighted by Crippen LogP contribution is -2.14. The second-order valence-corrected chi connectivity index (χ2v) is 19.0. The topological polar surface area (TPSA) is 56.7 Å². The average Bonchev–Trinajstić information content (AvgIpc) is 4.10. The van der Waals surface area contributed by atoms with Gasteiger partial charge in [-0.15, -0.1) is 11.3 Å². The first-order chi connectivity index (χ1) is 32.5. The molecule has 0 spiro atoms. The van der Waals surface area contributed by atoms with Crippen LogP contribution in [0.5, 0.6) is 0 Å². The van der Waals surface area contributed by atoms with E-state index in [1.807, 2.05) is 6.07 Å². The van der Waals surface area contributed by atoms with E-state index in [1.54, 1.807) is 11.3 Å². The molecule has 4 heterocycles. The van der Waals surface area contributed by atoms with Gasteiger partial charge in [0.05, 0.1) is 11.0 Å². The van der Waals surface area contributed by atoms with Gasteiger partial charge in [-0.3, -0.25) is 0 Å². The van der Waals surface area contributed by atoms with E-state index in [4.69, 9.17) is 19.4 Å². The summed E-state index contributed by atoms with van der Waals surface area (Å²) in [5.41, 5.74) is 15.1. The minimum absolute atomic E-state index is 0.132. The van der Waals surface area contributed by atoms with E-state index >= 15 is 0 Å². The van der Waals surface area contributed by atoms with Gasteiger partial charge in [-0.1, -0.05) is 153 Å². The molecule has 66 heavy (non-hydrogen) atoms. The Morgan fingerprint density at radius 1 is 0.424 bits per heavy atom. The second-order valence-electron chi connectivity index (χ2n) is 17.9. The SMILES string of the molecule is CC1(C)c2ccccc2-c2cc3c4ccccc4n(-c4cccc(-c5nc(-c6ccc7c(c6)oc6c(-c8ccccc8)cccc67)nc(-c6cccc7sc8ccccc8c67)n5)c4)c3cc21. The molecule has 6 heteroatoms. The fourth-order valence-electron chi connectivity index (χ4n) is 10.7. The number of thiophene rings is 1. The molecule has 13 aromatic rings. The molecule has 5 nitrogen and oxygen atoms in total. The van der Waals surface area contributed by atoms with Crippen LogP contribution in [0.4, 0.5) is 0 Å². The van der Waals surface area contributed by atoms with Crippen molar-refractivity contribution < 1.29 is 4.42 Å². The molecule has 0 atom stereocenters. The van der Waals surface area contributed by atoms with Gasteiger partial charge in [0.1, 0.15) is 11.2 Å². The average molecular weight is 863 g/mol. The summed E-state index contributed by atoms with van der Waals surface area (Å²) in [5, 5.41) is 6.93. The van der Waals surface area contributed by atoms with E-state index in [9.17, 15) is 0 Å². The summed E-state index contributed by atoms with van der Waals surface area (Å²) >= 11 is 1.79. The fourth-order valence-corrected chi connectivity index (χ4v) is 11.9. The number of hydrogen-bond donors (Lipinski definition) is 0. The van der Waals surface area contributed by atoms with Gasteiger partial charge in [0, 0.05) is 75.1 Å². The molecule has 4 aromatic heterocycles. The molecule has 0 saturated carbocycles. The number of furan rings is 1. The van der Waals surface area contributed by atoms with E-state index in [0.29, 0.717) is 17.5 Å². The van der Waals surface area contributed by atoms with Gasteiger partial charge in [-0.25, -0.2) is 15.0 Å². The number of para-hydroxylation sites is 2. The monoisotopic (exact) mass is 862 g/mol. The number of nitrogens with zero attached hydrogens (tertiary/aromatic N) is 4. The molecule has 0 fully saturated rings. The summed E-state index contributed by atoms with van der Waals surface area (Å²) in [4.78, 5) is 16.0. The summed E-state index contributed by atoms with van der Waals surface area (Å²) in [5.74, 6) is 1.80. The van der Waals surface area contributed by atoms with Gasteiger partial charge >= 0.3 is 0 Å². The molecule has 0 N–H and O–H groups in total. The van der Waals surface area contributed by atoms with Crippen LogP contribution in [0, 0.1) is 0 Å². The van der Waals surface area contributed by atoms with Crippen LogP contribution >= 0.6 is 11.3 Å². The smallest absolute Gasteiger partial charge is 0.164 e. The molecule has 0 aliphatic heterocycles. The van der Waals surface area contributed by atoms with Crippen molar-refractivity contribution in [1.82, 2.24) is 19.5 Å². The molecular formula is C60H38N4OS. The molecular weight excluding hydrogens is 825 g/mol. The zero-order chi connectivity index (χ0) is 43.7. The Balaban J connectivity index is 0.975. The van der Waals surface area contributed by atoms with Crippen LogP contribution in [0.1, 0.15) is 25.0 Å². The lowest BCUT2D eigenvalue weighted by atomic mass is 9.82. The van der Waals surface area contributed by atoms with Crippen molar-refractivity contribution in [2.75, 3.05) is 0 Å². The third kappa shape index (κ3) is 5.42. The van der Waals surface area contributed by atoms with Crippen LogP contribution in [0.15, 0.2) is 199 Å². The van der Waals surface area contributed by atoms with E-state index in [0.717, 1.165) is 66.3 Å². The van der Waals surface area contributed by atoms with Crippen molar-refractivity contribution in [3.8, 4) is 62.1 Å². The van der Waals surface area contributed by atoms with Gasteiger partial charge in [0.25, 0.3) is 0 Å². The number of benzene rings is 9. The Hall–Kier alpha value is -8.19. The van der Waals surface area contributed by atoms with Gasteiger partial charge in [0.15, 0.2) is 17.5 Å². The molecule has 14 rings (SSSR count). The zero-order valence-electron chi connectivity index (χ0n) is 36.1. The predicted octanol–water partition coefficient (Wildman–Crippen LogP) is 16.2. The first-order valence-electron chi connectivity index (χ1n) is 22.4. The summed E-state index contributed by atoms with van der Waals surface area (Å²) in [6.45, 7) is 4.70. The Morgan fingerprint density at radius 2 is 1.09 bits per heavy atom. The molecule has 0 bridgehead atoms. The molecule has 9 aromatic carbocycles. The lowest BCUT2D eigenvalue weighted by Gasteiger charge is -2.21. The first kappa shape index (κ1) is 37.2. The minimum atomic E-state index is -0.132. The first-order valence-corrected chi connectivity index (χ1v) is 23.2. The second kappa shape index (κ2) is 13.9. The molecule has 0 amide bonds. The van der Waals surface area contributed by atoms with Gasteiger partial charge in [-0.2, -0.15) is 0 Å². The highest BCUT2D eigenvalue weighted by molar-refractivity contribution is 7.25. The Bertz CT molecular complexity index is 4160. The van der Waals surface area contributed by atoms with Gasteiger partial charge < -0.3 is 8.98 Å². The molecule has 0 saturated heterocycles. The van der Waals surface area contributed by atoms with E-state index < -0.39 is 0 Å². The largest absolute Gasteiger partial charge is 0.455 e. The molecule has 1 aliphatic carbocycles. The summed E-state index contributed by atoms with van der Waals surface area (Å²) in [6.07, 6.45) is 0. The Labute approximate surface area is 383 Å². The Morgan fingerprint density at radius 3 is 1.98 bits per heavy atom. The standard InChI is InChI=1S/C60H38N4OS/c1-60(2)48-25-9-6-19-40(48)46-33-47-41-20-7-10-26-50(41)64(51(47)34-49(46)60)38-18-12-17-36(31-38)57-61-58(63-59(62-57)45-24-14-28-54-55(45)44-21-8-11-27-53(44)66-54)37-29-30-42-43-23-13-22-39(35-15-4-3-5-16-35)56(43)65-52(42)32-37/h3-34H,1-2H3. The fraction of sp³-hybridized carbons (Fsp3) is 0.0500. The van der Waals surface area contributed by atoms with Gasteiger partial charge in [-0.05, 0) is 82.4 Å². The number of fused-ring (bicyclic) bond motifs is 12. The molecule has 1 aliphatic rings. The summed E-state index contributed by atoms with van der Waals surface area (Å²) in [6, 6.07) is 69.3. The van der Waals surface area contributed by atoms with E-state index in [-0.39, 0.29) is 5.41 Å². The third-order valence-corrected chi connectivity index (χ3v) is 15.0. The quantitative estimate of drug-likeness (QED) is 0.173. The maximum atomic E-state index is 6.74. The van der Waals surface area contributed by atoms with Crippen molar-refractivity contribution in [1.29, 1.82) is 0 Å². The highest BCUT2D eigenvalue weighted by atomic mass is 32.1. The number of aromatic nitrogens is 4. The van der Waals surface area contributed by atoms with E-state index in [2.05, 4.69) is 206 Å².